The van der Waals surface area contributed by atoms with E-state index in [0.29, 0.717) is 18.1 Å². The fourth-order valence-corrected chi connectivity index (χ4v) is 2.05. The van der Waals surface area contributed by atoms with E-state index in [9.17, 15) is 4.79 Å². The van der Waals surface area contributed by atoms with Gasteiger partial charge in [-0.05, 0) is 30.5 Å². The van der Waals surface area contributed by atoms with Gasteiger partial charge in [-0.1, -0.05) is 12.1 Å². The molecule has 1 N–H and O–H groups in total. The van der Waals surface area contributed by atoms with Gasteiger partial charge in [0.15, 0.2) is 0 Å². The van der Waals surface area contributed by atoms with Crippen LogP contribution in [0.25, 0.3) is 0 Å². The van der Waals surface area contributed by atoms with Crippen LogP contribution in [0.4, 0.5) is 0 Å². The van der Waals surface area contributed by atoms with E-state index in [1.54, 1.807) is 12.1 Å². The van der Waals surface area contributed by atoms with Crippen molar-refractivity contribution in [3.63, 3.8) is 0 Å². The van der Waals surface area contributed by atoms with Crippen molar-refractivity contribution >= 4 is 17.5 Å². The van der Waals surface area contributed by atoms with Gasteiger partial charge in [-0.15, -0.1) is 11.6 Å². The second-order valence-corrected chi connectivity index (χ2v) is 4.49. The molecule has 0 spiro atoms. The molecule has 2 rings (SSSR count). The first kappa shape index (κ1) is 12.4. The number of hydrogen-bond donors (Lipinski definition) is 1. The van der Waals surface area contributed by atoms with Gasteiger partial charge in [0, 0.05) is 18.1 Å². The van der Waals surface area contributed by atoms with Crippen molar-refractivity contribution in [3.05, 3.63) is 35.4 Å². The highest BCUT2D eigenvalue weighted by Crippen LogP contribution is 2.09. The number of benzene rings is 1. The molecular weight excluding hydrogens is 238 g/mol. The van der Waals surface area contributed by atoms with E-state index in [-0.39, 0.29) is 11.9 Å². The Kier molecular flexibility index (Phi) is 4.40. The van der Waals surface area contributed by atoms with E-state index in [1.165, 1.54) is 0 Å². The molecule has 1 aromatic carbocycles. The molecule has 1 fully saturated rings. The second kappa shape index (κ2) is 6.03. The second-order valence-electron chi connectivity index (χ2n) is 4.22. The van der Waals surface area contributed by atoms with Crippen LogP contribution in [-0.4, -0.2) is 25.2 Å². The Bertz CT molecular complexity index is 372. The predicted octanol–water partition coefficient (Wildman–Crippen LogP) is 2.33. The molecule has 1 unspecified atom stereocenters. The fourth-order valence-electron chi connectivity index (χ4n) is 1.87. The monoisotopic (exact) mass is 253 g/mol. The number of hydrogen-bond acceptors (Lipinski definition) is 2. The van der Waals surface area contributed by atoms with Gasteiger partial charge < -0.3 is 10.1 Å². The van der Waals surface area contributed by atoms with Crippen molar-refractivity contribution < 1.29 is 9.53 Å². The van der Waals surface area contributed by atoms with Gasteiger partial charge in [-0.25, -0.2) is 0 Å². The molecule has 1 saturated heterocycles. The highest BCUT2D eigenvalue weighted by Gasteiger charge is 2.16. The van der Waals surface area contributed by atoms with Crippen LogP contribution in [0.3, 0.4) is 0 Å². The topological polar surface area (TPSA) is 38.3 Å². The van der Waals surface area contributed by atoms with Gasteiger partial charge >= 0.3 is 0 Å². The van der Waals surface area contributed by atoms with Crippen LogP contribution in [-0.2, 0) is 10.6 Å². The highest BCUT2D eigenvalue weighted by atomic mass is 35.5. The van der Waals surface area contributed by atoms with Crippen LogP contribution >= 0.6 is 11.6 Å². The van der Waals surface area contributed by atoms with E-state index in [4.69, 9.17) is 16.3 Å². The summed E-state index contributed by atoms with van der Waals surface area (Å²) in [5, 5.41) is 2.98. The lowest BCUT2D eigenvalue weighted by molar-refractivity contribution is 0.0624. The SMILES string of the molecule is O=C(NC1CCCOC1)c1ccc(CCl)cc1. The summed E-state index contributed by atoms with van der Waals surface area (Å²) in [7, 11) is 0. The Morgan fingerprint density at radius 1 is 1.41 bits per heavy atom. The van der Waals surface area contributed by atoms with Crippen molar-refractivity contribution in [2.75, 3.05) is 13.2 Å². The van der Waals surface area contributed by atoms with E-state index in [0.717, 1.165) is 25.0 Å². The van der Waals surface area contributed by atoms with Crippen molar-refractivity contribution in [2.45, 2.75) is 24.8 Å². The quantitative estimate of drug-likeness (QED) is 0.840. The molecule has 1 aliphatic heterocycles. The molecule has 0 radical (unpaired) electrons. The van der Waals surface area contributed by atoms with Gasteiger partial charge in [-0.2, -0.15) is 0 Å². The molecule has 0 bridgehead atoms. The number of ether oxygens (including phenoxy) is 1. The minimum atomic E-state index is -0.0402. The molecule has 1 aliphatic rings. The molecule has 0 aromatic heterocycles. The smallest absolute Gasteiger partial charge is 0.251 e. The molecule has 1 aromatic rings. The molecule has 1 amide bonds. The summed E-state index contributed by atoms with van der Waals surface area (Å²) in [5.74, 6) is 0.430. The molecule has 92 valence electrons. The molecule has 3 nitrogen and oxygen atoms in total. The lowest BCUT2D eigenvalue weighted by Crippen LogP contribution is -2.40. The minimum Gasteiger partial charge on any atom is -0.379 e. The Morgan fingerprint density at radius 2 is 2.18 bits per heavy atom. The van der Waals surface area contributed by atoms with Crippen molar-refractivity contribution in [2.24, 2.45) is 0 Å². The van der Waals surface area contributed by atoms with Crippen LogP contribution in [0.1, 0.15) is 28.8 Å². The zero-order valence-electron chi connectivity index (χ0n) is 9.62. The molecular formula is C13H16ClNO2. The maximum absolute atomic E-state index is 11.9. The Balaban J connectivity index is 1.93. The van der Waals surface area contributed by atoms with Gasteiger partial charge in [-0.3, -0.25) is 4.79 Å². The van der Waals surface area contributed by atoms with Crippen LogP contribution < -0.4 is 5.32 Å². The third-order valence-electron chi connectivity index (χ3n) is 2.87. The van der Waals surface area contributed by atoms with Crippen LogP contribution in [0.5, 0.6) is 0 Å². The summed E-state index contributed by atoms with van der Waals surface area (Å²) < 4.78 is 5.32. The normalized spacial score (nSPS) is 19.9. The Morgan fingerprint density at radius 3 is 2.76 bits per heavy atom. The first-order valence-electron chi connectivity index (χ1n) is 5.83. The number of amides is 1. The van der Waals surface area contributed by atoms with Gasteiger partial charge in [0.05, 0.1) is 12.6 Å². The lowest BCUT2D eigenvalue weighted by atomic mass is 10.1. The van der Waals surface area contributed by atoms with Gasteiger partial charge in [0.25, 0.3) is 5.91 Å². The number of alkyl halides is 1. The predicted molar refractivity (Wildman–Crippen MR) is 67.3 cm³/mol. The molecule has 1 atom stereocenters. The van der Waals surface area contributed by atoms with Crippen molar-refractivity contribution in [3.8, 4) is 0 Å². The zero-order valence-corrected chi connectivity index (χ0v) is 10.4. The van der Waals surface area contributed by atoms with Crippen molar-refractivity contribution in [1.29, 1.82) is 0 Å². The first-order chi connectivity index (χ1) is 8.29. The minimum absolute atomic E-state index is 0.0402. The average Bonchev–Trinajstić information content (AvgIpc) is 2.40. The molecule has 4 heteroatoms. The summed E-state index contributed by atoms with van der Waals surface area (Å²) in [6, 6.07) is 7.50. The molecule has 1 heterocycles. The summed E-state index contributed by atoms with van der Waals surface area (Å²) in [6.07, 6.45) is 2.00. The molecule has 0 saturated carbocycles. The average molecular weight is 254 g/mol. The zero-order chi connectivity index (χ0) is 12.1. The van der Waals surface area contributed by atoms with Gasteiger partial charge in [0.2, 0.25) is 0 Å². The largest absolute Gasteiger partial charge is 0.379 e. The van der Waals surface area contributed by atoms with Crippen LogP contribution in [0, 0.1) is 0 Å². The lowest BCUT2D eigenvalue weighted by Gasteiger charge is -2.23. The number of halogens is 1. The van der Waals surface area contributed by atoms with Crippen molar-refractivity contribution in [1.82, 2.24) is 5.32 Å². The Hall–Kier alpha value is -1.06. The number of carbonyl (C=O) groups is 1. The first-order valence-corrected chi connectivity index (χ1v) is 6.36. The van der Waals surface area contributed by atoms with Crippen LogP contribution in [0.15, 0.2) is 24.3 Å². The number of carbonyl (C=O) groups excluding carboxylic acids is 1. The van der Waals surface area contributed by atoms with E-state index in [2.05, 4.69) is 5.32 Å². The summed E-state index contributed by atoms with van der Waals surface area (Å²) in [5.41, 5.74) is 1.69. The summed E-state index contributed by atoms with van der Waals surface area (Å²) in [6.45, 7) is 1.42. The third kappa shape index (κ3) is 3.45. The maximum Gasteiger partial charge on any atom is 0.251 e. The van der Waals surface area contributed by atoms with Gasteiger partial charge in [0.1, 0.15) is 0 Å². The number of nitrogens with one attached hydrogen (secondary N) is 1. The third-order valence-corrected chi connectivity index (χ3v) is 3.17. The fraction of sp³-hybridized carbons (Fsp3) is 0.462. The van der Waals surface area contributed by atoms with E-state index >= 15 is 0 Å². The van der Waals surface area contributed by atoms with Crippen LogP contribution in [0.2, 0.25) is 0 Å². The molecule has 0 aliphatic carbocycles. The molecule has 17 heavy (non-hydrogen) atoms. The maximum atomic E-state index is 11.9. The van der Waals surface area contributed by atoms with E-state index < -0.39 is 0 Å². The summed E-state index contributed by atoms with van der Waals surface area (Å²) >= 11 is 5.70. The Labute approximate surface area is 106 Å². The summed E-state index contributed by atoms with van der Waals surface area (Å²) in [4.78, 5) is 11.9. The standard InChI is InChI=1S/C13H16ClNO2/c14-8-10-3-5-11(6-4-10)13(16)15-12-2-1-7-17-9-12/h3-6,12H,1-2,7-9H2,(H,15,16). The number of rotatable bonds is 3. The van der Waals surface area contributed by atoms with E-state index in [1.807, 2.05) is 12.1 Å². The highest BCUT2D eigenvalue weighted by molar-refractivity contribution is 6.17.